The predicted octanol–water partition coefficient (Wildman–Crippen LogP) is 5.06. The summed E-state index contributed by atoms with van der Waals surface area (Å²) in [6.07, 6.45) is 0.617. The van der Waals surface area contributed by atoms with Crippen LogP contribution in [0.3, 0.4) is 0 Å². The summed E-state index contributed by atoms with van der Waals surface area (Å²) in [6, 6.07) is 16.9. The highest BCUT2D eigenvalue weighted by Crippen LogP contribution is 2.44. The highest BCUT2D eigenvalue weighted by atomic mass is 32.1. The monoisotopic (exact) mass is 492 g/mol. The van der Waals surface area contributed by atoms with Gasteiger partial charge in [-0.15, -0.1) is 11.3 Å². The fourth-order valence-electron chi connectivity index (χ4n) is 4.73. The second-order valence-corrected chi connectivity index (χ2v) is 10.1. The molecular formula is C28H32N2O4S. The molecule has 2 aromatic carbocycles. The molecule has 184 valence electrons. The van der Waals surface area contributed by atoms with Crippen molar-refractivity contribution in [3.63, 3.8) is 0 Å². The van der Waals surface area contributed by atoms with Gasteiger partial charge in [0.25, 0.3) is 5.91 Å². The van der Waals surface area contributed by atoms with Crippen LogP contribution in [0.2, 0.25) is 0 Å². The predicted molar refractivity (Wildman–Crippen MR) is 138 cm³/mol. The Hall–Kier alpha value is -3.32. The van der Waals surface area contributed by atoms with Crippen molar-refractivity contribution in [3.05, 3.63) is 81.5 Å². The summed E-state index contributed by atoms with van der Waals surface area (Å²) >= 11 is 1.58. The lowest BCUT2D eigenvalue weighted by atomic mass is 9.81. The lowest BCUT2D eigenvalue weighted by Gasteiger charge is -2.42. The number of amides is 2. The molecule has 35 heavy (non-hydrogen) atoms. The summed E-state index contributed by atoms with van der Waals surface area (Å²) in [5.41, 5.74) is 2.39. The number of hydrogen-bond donors (Lipinski definition) is 1. The van der Waals surface area contributed by atoms with E-state index in [9.17, 15) is 9.59 Å². The van der Waals surface area contributed by atoms with Gasteiger partial charge in [-0.2, -0.15) is 0 Å². The number of nitrogens with one attached hydrogen (secondary N) is 1. The minimum atomic E-state index is -0.487. The van der Waals surface area contributed by atoms with Crippen LogP contribution in [0.25, 0.3) is 0 Å². The van der Waals surface area contributed by atoms with Gasteiger partial charge in [-0.25, -0.2) is 0 Å². The van der Waals surface area contributed by atoms with Gasteiger partial charge in [0.05, 0.1) is 26.2 Å². The number of hydrogen-bond acceptors (Lipinski definition) is 5. The summed E-state index contributed by atoms with van der Waals surface area (Å²) < 4.78 is 10.8. The Morgan fingerprint density at radius 3 is 2.57 bits per heavy atom. The first-order valence-electron chi connectivity index (χ1n) is 11.9. The molecule has 0 saturated carbocycles. The highest BCUT2D eigenvalue weighted by Gasteiger charge is 2.44. The van der Waals surface area contributed by atoms with Crippen LogP contribution in [-0.2, 0) is 11.2 Å². The van der Waals surface area contributed by atoms with Crippen LogP contribution in [0.4, 0.5) is 0 Å². The molecule has 6 nitrogen and oxygen atoms in total. The Labute approximate surface area is 210 Å². The fraction of sp³-hybridized carbons (Fsp3) is 0.357. The zero-order valence-electron chi connectivity index (χ0n) is 20.6. The van der Waals surface area contributed by atoms with E-state index in [0.29, 0.717) is 25.1 Å². The molecule has 1 aromatic heterocycles. The third kappa shape index (κ3) is 5.20. The van der Waals surface area contributed by atoms with E-state index in [1.54, 1.807) is 25.6 Å². The first-order chi connectivity index (χ1) is 16.9. The van der Waals surface area contributed by atoms with E-state index in [0.717, 1.165) is 27.5 Å². The standard InChI is InChI=1S/C28H32N2O4S/c1-18(2)17-30-26(24-10-7-15-35-24)25(21-8-5-6-9-22(21)28(30)32)27(31)29-14-13-19-11-12-20(33-3)16-23(19)34-4/h5-12,15-16,18,25-26H,13-14,17H2,1-4H3,(H,29,31)/t25-,26+/m1/s1. The average molecular weight is 493 g/mol. The number of ether oxygens (including phenoxy) is 2. The number of carbonyl (C=O) groups is 2. The SMILES string of the molecule is COc1ccc(CCNC(=O)[C@@H]2c3ccccc3C(=O)N(CC(C)C)[C@H]2c2cccs2)c(OC)c1. The van der Waals surface area contributed by atoms with Gasteiger partial charge in [-0.05, 0) is 47.0 Å². The van der Waals surface area contributed by atoms with Gasteiger partial charge in [-0.3, -0.25) is 9.59 Å². The molecule has 0 saturated heterocycles. The number of benzene rings is 2. The van der Waals surface area contributed by atoms with Crippen molar-refractivity contribution in [1.82, 2.24) is 10.2 Å². The summed E-state index contributed by atoms with van der Waals surface area (Å²) in [4.78, 5) is 30.2. The molecule has 0 unspecified atom stereocenters. The summed E-state index contributed by atoms with van der Waals surface area (Å²) in [5, 5.41) is 5.14. The Morgan fingerprint density at radius 2 is 1.89 bits per heavy atom. The number of fused-ring (bicyclic) bond motifs is 1. The van der Waals surface area contributed by atoms with Crippen molar-refractivity contribution < 1.29 is 19.1 Å². The minimum absolute atomic E-state index is 0.0141. The van der Waals surface area contributed by atoms with Crippen LogP contribution >= 0.6 is 11.3 Å². The van der Waals surface area contributed by atoms with Gasteiger partial charge < -0.3 is 19.7 Å². The first-order valence-corrected chi connectivity index (χ1v) is 12.7. The molecule has 4 rings (SSSR count). The number of carbonyl (C=O) groups excluding carboxylic acids is 2. The van der Waals surface area contributed by atoms with Crippen LogP contribution < -0.4 is 14.8 Å². The molecule has 0 fully saturated rings. The lowest BCUT2D eigenvalue weighted by Crippen LogP contribution is -2.48. The Morgan fingerprint density at radius 1 is 1.09 bits per heavy atom. The van der Waals surface area contributed by atoms with E-state index in [2.05, 4.69) is 19.2 Å². The first kappa shape index (κ1) is 24.8. The zero-order chi connectivity index (χ0) is 24.9. The van der Waals surface area contributed by atoms with E-state index in [1.807, 2.05) is 64.9 Å². The van der Waals surface area contributed by atoms with Crippen LogP contribution in [0.5, 0.6) is 11.5 Å². The maximum absolute atomic E-state index is 13.8. The second-order valence-electron chi connectivity index (χ2n) is 9.10. The largest absolute Gasteiger partial charge is 0.497 e. The van der Waals surface area contributed by atoms with Gasteiger partial charge in [0.2, 0.25) is 5.91 Å². The molecule has 2 atom stereocenters. The maximum atomic E-state index is 13.8. The van der Waals surface area contributed by atoms with Crippen LogP contribution in [0.1, 0.15) is 52.2 Å². The van der Waals surface area contributed by atoms with Gasteiger partial charge in [0, 0.05) is 29.6 Å². The zero-order valence-corrected chi connectivity index (χ0v) is 21.4. The molecule has 0 aliphatic carbocycles. The molecule has 1 N–H and O–H groups in total. The Bertz CT molecular complexity index is 1180. The fourth-order valence-corrected chi connectivity index (χ4v) is 5.61. The molecule has 0 bridgehead atoms. The van der Waals surface area contributed by atoms with Gasteiger partial charge >= 0.3 is 0 Å². The van der Waals surface area contributed by atoms with Crippen LogP contribution in [0.15, 0.2) is 60.0 Å². The molecule has 1 aliphatic heterocycles. The van der Waals surface area contributed by atoms with Crippen LogP contribution in [0, 0.1) is 5.92 Å². The average Bonchev–Trinajstić information content (AvgIpc) is 3.40. The van der Waals surface area contributed by atoms with Crippen molar-refractivity contribution in [2.75, 3.05) is 27.3 Å². The van der Waals surface area contributed by atoms with E-state index >= 15 is 0 Å². The molecule has 2 amide bonds. The Balaban J connectivity index is 1.62. The van der Waals surface area contributed by atoms with Crippen molar-refractivity contribution in [3.8, 4) is 11.5 Å². The Kier molecular flexibility index (Phi) is 7.76. The maximum Gasteiger partial charge on any atom is 0.254 e. The van der Waals surface area contributed by atoms with Gasteiger partial charge in [0.15, 0.2) is 0 Å². The van der Waals surface area contributed by atoms with E-state index in [-0.39, 0.29) is 23.8 Å². The number of nitrogens with zero attached hydrogens (tertiary/aromatic N) is 1. The lowest BCUT2D eigenvalue weighted by molar-refractivity contribution is -0.124. The third-order valence-corrected chi connectivity index (χ3v) is 7.25. The minimum Gasteiger partial charge on any atom is -0.497 e. The normalized spacial score (nSPS) is 17.3. The highest BCUT2D eigenvalue weighted by molar-refractivity contribution is 7.10. The molecular weight excluding hydrogens is 460 g/mol. The van der Waals surface area contributed by atoms with E-state index in [1.165, 1.54) is 0 Å². The molecule has 3 aromatic rings. The van der Waals surface area contributed by atoms with Gasteiger partial charge in [-0.1, -0.05) is 44.2 Å². The summed E-state index contributed by atoms with van der Waals surface area (Å²) in [5.74, 6) is 1.15. The summed E-state index contributed by atoms with van der Waals surface area (Å²) in [7, 11) is 3.25. The number of rotatable bonds is 9. The summed E-state index contributed by atoms with van der Waals surface area (Å²) in [6.45, 7) is 5.23. The van der Waals surface area contributed by atoms with Gasteiger partial charge in [0.1, 0.15) is 11.5 Å². The smallest absolute Gasteiger partial charge is 0.254 e. The second kappa shape index (κ2) is 11.0. The molecule has 0 spiro atoms. The number of methoxy groups -OCH3 is 2. The van der Waals surface area contributed by atoms with Crippen molar-refractivity contribution in [2.24, 2.45) is 5.92 Å². The molecule has 7 heteroatoms. The van der Waals surface area contributed by atoms with Crippen molar-refractivity contribution in [1.29, 1.82) is 0 Å². The number of thiophene rings is 1. The molecule has 1 aliphatic rings. The van der Waals surface area contributed by atoms with E-state index in [4.69, 9.17) is 9.47 Å². The quantitative estimate of drug-likeness (QED) is 0.453. The topological polar surface area (TPSA) is 67.9 Å². The third-order valence-electron chi connectivity index (χ3n) is 6.31. The van der Waals surface area contributed by atoms with E-state index < -0.39 is 5.92 Å². The molecule has 2 heterocycles. The molecule has 0 radical (unpaired) electrons. The van der Waals surface area contributed by atoms with Crippen molar-refractivity contribution in [2.45, 2.75) is 32.2 Å². The van der Waals surface area contributed by atoms with Crippen LogP contribution in [-0.4, -0.2) is 44.0 Å². The van der Waals surface area contributed by atoms with Crippen molar-refractivity contribution >= 4 is 23.2 Å².